The van der Waals surface area contributed by atoms with Crippen LogP contribution in [0.2, 0.25) is 0 Å². The van der Waals surface area contributed by atoms with Crippen LogP contribution in [0.25, 0.3) is 0 Å². The smallest absolute Gasteiger partial charge is 0.250 e. The van der Waals surface area contributed by atoms with Crippen molar-refractivity contribution in [2.24, 2.45) is 5.10 Å². The van der Waals surface area contributed by atoms with E-state index in [9.17, 15) is 4.79 Å². The minimum Gasteiger partial charge on any atom is -0.497 e. The van der Waals surface area contributed by atoms with Crippen molar-refractivity contribution in [2.75, 3.05) is 20.0 Å². The molecule has 138 valence electrons. The third-order valence-electron chi connectivity index (χ3n) is 3.61. The molecular formula is C20H24N2O3S. The van der Waals surface area contributed by atoms with Gasteiger partial charge in [-0.15, -0.1) is 11.8 Å². The van der Waals surface area contributed by atoms with E-state index in [0.29, 0.717) is 17.3 Å². The molecule has 0 aliphatic rings. The molecule has 0 aliphatic carbocycles. The molecule has 0 aliphatic heterocycles. The van der Waals surface area contributed by atoms with Crippen molar-refractivity contribution in [1.29, 1.82) is 0 Å². The second-order valence-corrected chi connectivity index (χ2v) is 6.88. The fraction of sp³-hybridized carbons (Fsp3) is 0.300. The first kappa shape index (κ1) is 19.8. The predicted octanol–water partition coefficient (Wildman–Crippen LogP) is 3.70. The summed E-state index contributed by atoms with van der Waals surface area (Å²) in [6, 6.07) is 11.8. The van der Waals surface area contributed by atoms with Gasteiger partial charge in [0, 0.05) is 11.3 Å². The SMILES string of the molecule is COc1ccc(OC)c(/C=N\NC(=O)CSCc2cc(C)cc(C)c2)c1. The lowest BCUT2D eigenvalue weighted by atomic mass is 10.1. The molecule has 0 radical (unpaired) electrons. The number of hydrogen-bond donors (Lipinski definition) is 1. The lowest BCUT2D eigenvalue weighted by Crippen LogP contribution is -2.19. The number of amides is 1. The second-order valence-electron chi connectivity index (χ2n) is 5.89. The molecule has 0 fully saturated rings. The fourth-order valence-corrected chi connectivity index (χ4v) is 3.31. The van der Waals surface area contributed by atoms with Gasteiger partial charge in [0.05, 0.1) is 26.2 Å². The highest BCUT2D eigenvalue weighted by atomic mass is 32.2. The third-order valence-corrected chi connectivity index (χ3v) is 4.62. The van der Waals surface area contributed by atoms with E-state index in [4.69, 9.17) is 9.47 Å². The monoisotopic (exact) mass is 372 g/mol. The van der Waals surface area contributed by atoms with Gasteiger partial charge in [-0.25, -0.2) is 5.43 Å². The Hall–Kier alpha value is -2.47. The molecule has 0 atom stereocenters. The maximum atomic E-state index is 11.9. The number of benzene rings is 2. The van der Waals surface area contributed by atoms with Crippen LogP contribution >= 0.6 is 11.8 Å². The zero-order valence-corrected chi connectivity index (χ0v) is 16.4. The number of nitrogens with one attached hydrogen (secondary N) is 1. The highest BCUT2D eigenvalue weighted by molar-refractivity contribution is 7.99. The standard InChI is InChI=1S/C20H24N2O3S/c1-14-7-15(2)9-16(8-14)12-26-13-20(23)22-21-11-17-10-18(24-3)5-6-19(17)25-4/h5-11H,12-13H2,1-4H3,(H,22,23)/b21-11-. The molecule has 0 bridgehead atoms. The van der Waals surface area contributed by atoms with E-state index in [2.05, 4.69) is 42.6 Å². The zero-order valence-electron chi connectivity index (χ0n) is 15.5. The summed E-state index contributed by atoms with van der Waals surface area (Å²) in [5.74, 6) is 2.36. The Labute approximate surface area is 158 Å². The topological polar surface area (TPSA) is 59.9 Å². The molecule has 2 aromatic rings. The molecule has 2 rings (SSSR count). The van der Waals surface area contributed by atoms with Crippen LogP contribution < -0.4 is 14.9 Å². The maximum absolute atomic E-state index is 11.9. The second kappa shape index (κ2) is 9.87. The molecule has 1 N–H and O–H groups in total. The van der Waals surface area contributed by atoms with Gasteiger partial charge in [-0.1, -0.05) is 29.3 Å². The predicted molar refractivity (Wildman–Crippen MR) is 107 cm³/mol. The molecule has 26 heavy (non-hydrogen) atoms. The van der Waals surface area contributed by atoms with Crippen LogP contribution in [0.15, 0.2) is 41.5 Å². The highest BCUT2D eigenvalue weighted by Gasteiger charge is 2.04. The van der Waals surface area contributed by atoms with Crippen LogP contribution in [0.3, 0.4) is 0 Å². The van der Waals surface area contributed by atoms with Gasteiger partial charge in [0.1, 0.15) is 11.5 Å². The van der Waals surface area contributed by atoms with Crippen molar-refractivity contribution < 1.29 is 14.3 Å². The number of carbonyl (C=O) groups is 1. The summed E-state index contributed by atoms with van der Waals surface area (Å²) in [5, 5.41) is 4.01. The van der Waals surface area contributed by atoms with E-state index in [1.54, 1.807) is 50.4 Å². The Balaban J connectivity index is 1.84. The summed E-state index contributed by atoms with van der Waals surface area (Å²) >= 11 is 1.56. The first-order chi connectivity index (χ1) is 12.5. The number of thioether (sulfide) groups is 1. The van der Waals surface area contributed by atoms with Crippen molar-refractivity contribution in [1.82, 2.24) is 5.43 Å². The number of hydrogen-bond acceptors (Lipinski definition) is 5. The Morgan fingerprint density at radius 2 is 1.85 bits per heavy atom. The number of methoxy groups -OCH3 is 2. The Kier molecular flexibility index (Phi) is 7.53. The molecule has 0 aromatic heterocycles. The van der Waals surface area contributed by atoms with Crippen LogP contribution in [0.4, 0.5) is 0 Å². The lowest BCUT2D eigenvalue weighted by Gasteiger charge is -2.07. The fourth-order valence-electron chi connectivity index (χ4n) is 2.56. The first-order valence-corrected chi connectivity index (χ1v) is 9.36. The summed E-state index contributed by atoms with van der Waals surface area (Å²) in [5.41, 5.74) is 6.98. The van der Waals surface area contributed by atoms with Crippen molar-refractivity contribution in [2.45, 2.75) is 19.6 Å². The summed E-state index contributed by atoms with van der Waals surface area (Å²) in [4.78, 5) is 11.9. The third kappa shape index (κ3) is 6.11. The summed E-state index contributed by atoms with van der Waals surface area (Å²) in [6.07, 6.45) is 1.55. The Bertz CT molecular complexity index is 770. The Morgan fingerprint density at radius 3 is 2.50 bits per heavy atom. The minimum absolute atomic E-state index is 0.141. The van der Waals surface area contributed by atoms with Gasteiger partial charge in [-0.2, -0.15) is 5.10 Å². The lowest BCUT2D eigenvalue weighted by molar-refractivity contribution is -0.118. The van der Waals surface area contributed by atoms with Crippen LogP contribution in [0.5, 0.6) is 11.5 Å². The quantitative estimate of drug-likeness (QED) is 0.567. The van der Waals surface area contributed by atoms with E-state index < -0.39 is 0 Å². The van der Waals surface area contributed by atoms with E-state index in [-0.39, 0.29) is 5.91 Å². The molecule has 1 amide bonds. The van der Waals surface area contributed by atoms with Crippen LogP contribution in [-0.2, 0) is 10.5 Å². The number of nitrogens with zero attached hydrogens (tertiary/aromatic N) is 1. The minimum atomic E-state index is -0.141. The van der Waals surface area contributed by atoms with Gasteiger partial charge < -0.3 is 9.47 Å². The first-order valence-electron chi connectivity index (χ1n) is 8.20. The van der Waals surface area contributed by atoms with E-state index in [1.165, 1.54) is 16.7 Å². The van der Waals surface area contributed by atoms with Crippen molar-refractivity contribution in [3.05, 3.63) is 58.7 Å². The number of hydrazone groups is 1. The largest absolute Gasteiger partial charge is 0.497 e. The Morgan fingerprint density at radius 1 is 1.12 bits per heavy atom. The van der Waals surface area contributed by atoms with Crippen LogP contribution in [0.1, 0.15) is 22.3 Å². The van der Waals surface area contributed by atoms with Crippen molar-refractivity contribution in [3.8, 4) is 11.5 Å². The molecule has 6 heteroatoms. The number of carbonyl (C=O) groups excluding carboxylic acids is 1. The summed E-state index contributed by atoms with van der Waals surface area (Å²) in [6.45, 7) is 4.16. The molecule has 5 nitrogen and oxygen atoms in total. The van der Waals surface area contributed by atoms with Crippen molar-refractivity contribution >= 4 is 23.9 Å². The molecule has 0 saturated carbocycles. The van der Waals surface area contributed by atoms with Gasteiger partial charge in [0.2, 0.25) is 5.91 Å². The maximum Gasteiger partial charge on any atom is 0.250 e. The van der Waals surface area contributed by atoms with E-state index >= 15 is 0 Å². The van der Waals surface area contributed by atoms with E-state index in [1.807, 2.05) is 0 Å². The molecule has 0 spiro atoms. The van der Waals surface area contributed by atoms with Gasteiger partial charge in [0.15, 0.2) is 0 Å². The zero-order chi connectivity index (χ0) is 18.9. The van der Waals surface area contributed by atoms with E-state index in [0.717, 1.165) is 11.3 Å². The van der Waals surface area contributed by atoms with Gasteiger partial charge in [0.25, 0.3) is 0 Å². The molecule has 2 aromatic carbocycles. The van der Waals surface area contributed by atoms with Gasteiger partial charge in [-0.3, -0.25) is 4.79 Å². The number of ether oxygens (including phenoxy) is 2. The number of rotatable bonds is 8. The molecule has 0 saturated heterocycles. The van der Waals surface area contributed by atoms with Crippen molar-refractivity contribution in [3.63, 3.8) is 0 Å². The molecule has 0 unspecified atom stereocenters. The van der Waals surface area contributed by atoms with Gasteiger partial charge >= 0.3 is 0 Å². The normalized spacial score (nSPS) is 10.8. The average molecular weight is 372 g/mol. The molecule has 0 heterocycles. The van der Waals surface area contributed by atoms with Crippen LogP contribution in [-0.4, -0.2) is 32.1 Å². The van der Waals surface area contributed by atoms with Gasteiger partial charge in [-0.05, 0) is 37.6 Å². The summed E-state index contributed by atoms with van der Waals surface area (Å²) < 4.78 is 10.5. The highest BCUT2D eigenvalue weighted by Crippen LogP contribution is 2.22. The summed E-state index contributed by atoms with van der Waals surface area (Å²) in [7, 11) is 3.18. The molecular weight excluding hydrogens is 348 g/mol. The average Bonchev–Trinajstić information content (AvgIpc) is 2.60. The number of aryl methyl sites for hydroxylation is 2. The van der Waals surface area contributed by atoms with Crippen LogP contribution in [0, 0.1) is 13.8 Å².